The summed E-state index contributed by atoms with van der Waals surface area (Å²) in [6.07, 6.45) is -1.26. The lowest BCUT2D eigenvalue weighted by molar-refractivity contribution is -0.301. The zero-order valence-corrected chi connectivity index (χ0v) is 11.7. The maximum absolute atomic E-state index is 11.0. The molecule has 5 atom stereocenters. The molecule has 1 heterocycles. The van der Waals surface area contributed by atoms with Gasteiger partial charge in [-0.05, 0) is 0 Å². The standard InChI is InChI=1S/C13H18O8/c1-4-5-18-13-12(20-8(3)15)11(17)10(16)9(21-13)6-19-7(2)14/h1,9-13,16-17H,5-6H2,2-3H3. The summed E-state index contributed by atoms with van der Waals surface area (Å²) in [6, 6.07) is 0. The molecule has 0 aromatic rings. The van der Waals surface area contributed by atoms with Crippen LogP contribution in [0.3, 0.4) is 0 Å². The van der Waals surface area contributed by atoms with Crippen LogP contribution >= 0.6 is 0 Å². The van der Waals surface area contributed by atoms with Gasteiger partial charge < -0.3 is 29.2 Å². The molecule has 1 fully saturated rings. The highest BCUT2D eigenvalue weighted by Gasteiger charge is 2.47. The van der Waals surface area contributed by atoms with Gasteiger partial charge in [0.25, 0.3) is 0 Å². The minimum atomic E-state index is -1.47. The van der Waals surface area contributed by atoms with Crippen molar-refractivity contribution in [3.63, 3.8) is 0 Å². The Morgan fingerprint density at radius 3 is 2.43 bits per heavy atom. The van der Waals surface area contributed by atoms with Crippen LogP contribution in [0.2, 0.25) is 0 Å². The summed E-state index contributed by atoms with van der Waals surface area (Å²) in [5.74, 6) is 0.963. The van der Waals surface area contributed by atoms with Crippen molar-refractivity contribution in [3.05, 3.63) is 0 Å². The monoisotopic (exact) mass is 302 g/mol. The van der Waals surface area contributed by atoms with E-state index < -0.39 is 42.6 Å². The molecule has 0 amide bonds. The molecule has 0 aliphatic carbocycles. The van der Waals surface area contributed by atoms with Crippen molar-refractivity contribution >= 4 is 11.9 Å². The largest absolute Gasteiger partial charge is 0.463 e. The third-order valence-electron chi connectivity index (χ3n) is 2.73. The van der Waals surface area contributed by atoms with Gasteiger partial charge in [0.1, 0.15) is 31.5 Å². The topological polar surface area (TPSA) is 112 Å². The van der Waals surface area contributed by atoms with Crippen molar-refractivity contribution in [1.29, 1.82) is 0 Å². The van der Waals surface area contributed by atoms with Crippen LogP contribution in [-0.2, 0) is 28.5 Å². The van der Waals surface area contributed by atoms with Crippen molar-refractivity contribution in [3.8, 4) is 12.3 Å². The Morgan fingerprint density at radius 1 is 1.24 bits per heavy atom. The third-order valence-corrected chi connectivity index (χ3v) is 2.73. The molecule has 1 rings (SSSR count). The highest BCUT2D eigenvalue weighted by Crippen LogP contribution is 2.25. The van der Waals surface area contributed by atoms with Crippen LogP contribution in [-0.4, -0.2) is 66.1 Å². The minimum Gasteiger partial charge on any atom is -0.463 e. The molecule has 2 N–H and O–H groups in total. The zero-order chi connectivity index (χ0) is 16.0. The lowest BCUT2D eigenvalue weighted by Crippen LogP contribution is -2.60. The van der Waals surface area contributed by atoms with Crippen molar-refractivity contribution in [2.24, 2.45) is 0 Å². The van der Waals surface area contributed by atoms with Crippen molar-refractivity contribution in [1.82, 2.24) is 0 Å². The number of aliphatic hydroxyl groups excluding tert-OH is 2. The smallest absolute Gasteiger partial charge is 0.303 e. The summed E-state index contributed by atoms with van der Waals surface area (Å²) < 4.78 is 20.1. The molecule has 21 heavy (non-hydrogen) atoms. The van der Waals surface area contributed by atoms with Crippen LogP contribution in [0.15, 0.2) is 0 Å². The maximum atomic E-state index is 11.0. The van der Waals surface area contributed by atoms with Crippen LogP contribution < -0.4 is 0 Å². The summed E-state index contributed by atoms with van der Waals surface area (Å²) in [7, 11) is 0. The molecule has 0 bridgehead atoms. The summed E-state index contributed by atoms with van der Waals surface area (Å²) in [5, 5.41) is 19.9. The van der Waals surface area contributed by atoms with E-state index in [0.29, 0.717) is 0 Å². The summed E-state index contributed by atoms with van der Waals surface area (Å²) in [4.78, 5) is 21.8. The van der Waals surface area contributed by atoms with Crippen LogP contribution in [0, 0.1) is 12.3 Å². The Kier molecular flexibility index (Phi) is 6.58. The molecule has 0 saturated carbocycles. The molecule has 1 saturated heterocycles. The van der Waals surface area contributed by atoms with Gasteiger partial charge in [-0.3, -0.25) is 9.59 Å². The fourth-order valence-electron chi connectivity index (χ4n) is 1.82. The molecule has 118 valence electrons. The predicted molar refractivity (Wildman–Crippen MR) is 67.6 cm³/mol. The minimum absolute atomic E-state index is 0.147. The van der Waals surface area contributed by atoms with Gasteiger partial charge >= 0.3 is 11.9 Å². The van der Waals surface area contributed by atoms with E-state index in [2.05, 4.69) is 5.92 Å². The van der Waals surface area contributed by atoms with Gasteiger partial charge in [-0.25, -0.2) is 0 Å². The van der Waals surface area contributed by atoms with Crippen LogP contribution in [0.25, 0.3) is 0 Å². The molecule has 8 heteroatoms. The zero-order valence-electron chi connectivity index (χ0n) is 11.7. The van der Waals surface area contributed by atoms with Crippen LogP contribution in [0.1, 0.15) is 13.8 Å². The highest BCUT2D eigenvalue weighted by atomic mass is 16.7. The van der Waals surface area contributed by atoms with E-state index in [1.165, 1.54) is 6.92 Å². The van der Waals surface area contributed by atoms with Gasteiger partial charge in [0, 0.05) is 13.8 Å². The third kappa shape index (κ3) is 4.99. The van der Waals surface area contributed by atoms with E-state index >= 15 is 0 Å². The van der Waals surface area contributed by atoms with Gasteiger partial charge in [0.05, 0.1) is 0 Å². The van der Waals surface area contributed by atoms with Gasteiger partial charge in [-0.15, -0.1) is 6.42 Å². The fraction of sp³-hybridized carbons (Fsp3) is 0.692. The van der Waals surface area contributed by atoms with Gasteiger partial charge in [-0.2, -0.15) is 0 Å². The molecule has 0 spiro atoms. The van der Waals surface area contributed by atoms with E-state index in [0.717, 1.165) is 6.92 Å². The number of hydrogen-bond acceptors (Lipinski definition) is 8. The Hall–Kier alpha value is -1.66. The van der Waals surface area contributed by atoms with Crippen LogP contribution in [0.4, 0.5) is 0 Å². The van der Waals surface area contributed by atoms with Gasteiger partial charge in [0.2, 0.25) is 0 Å². The summed E-state index contributed by atoms with van der Waals surface area (Å²) in [5.41, 5.74) is 0. The first kappa shape index (κ1) is 17.4. The number of hydrogen-bond donors (Lipinski definition) is 2. The molecule has 0 aromatic carbocycles. The van der Waals surface area contributed by atoms with Crippen molar-refractivity contribution in [2.45, 2.75) is 44.6 Å². The van der Waals surface area contributed by atoms with Crippen LogP contribution in [0.5, 0.6) is 0 Å². The number of ether oxygens (including phenoxy) is 4. The summed E-state index contributed by atoms with van der Waals surface area (Å²) in [6.45, 7) is 1.91. The van der Waals surface area contributed by atoms with E-state index in [9.17, 15) is 19.8 Å². The average Bonchev–Trinajstić information content (AvgIpc) is 2.41. The second-order valence-electron chi connectivity index (χ2n) is 4.42. The first-order valence-corrected chi connectivity index (χ1v) is 6.24. The SMILES string of the molecule is C#CCOC1OC(COC(C)=O)C(O)C(O)C1OC(C)=O. The molecular formula is C13H18O8. The number of aliphatic hydroxyl groups is 2. The number of rotatable bonds is 5. The average molecular weight is 302 g/mol. The number of carbonyl (C=O) groups excluding carboxylic acids is 2. The van der Waals surface area contributed by atoms with Crippen molar-refractivity contribution in [2.75, 3.05) is 13.2 Å². The van der Waals surface area contributed by atoms with Gasteiger partial charge in [-0.1, -0.05) is 5.92 Å². The summed E-state index contributed by atoms with van der Waals surface area (Å²) >= 11 is 0. The predicted octanol–water partition coefficient (Wildman–Crippen LogP) is -1.42. The Balaban J connectivity index is 2.80. The Labute approximate surface area is 121 Å². The highest BCUT2D eigenvalue weighted by molar-refractivity contribution is 5.66. The number of esters is 2. The lowest BCUT2D eigenvalue weighted by atomic mass is 9.99. The molecule has 5 unspecified atom stereocenters. The Morgan fingerprint density at radius 2 is 1.90 bits per heavy atom. The van der Waals surface area contributed by atoms with E-state index in [1.807, 2.05) is 0 Å². The number of carbonyl (C=O) groups is 2. The van der Waals surface area contributed by atoms with E-state index in [-0.39, 0.29) is 13.2 Å². The second kappa shape index (κ2) is 7.95. The molecule has 0 radical (unpaired) electrons. The maximum Gasteiger partial charge on any atom is 0.303 e. The van der Waals surface area contributed by atoms with Crippen molar-refractivity contribution < 1.29 is 38.7 Å². The quantitative estimate of drug-likeness (QED) is 0.470. The second-order valence-corrected chi connectivity index (χ2v) is 4.42. The normalized spacial score (nSPS) is 32.0. The lowest BCUT2D eigenvalue weighted by Gasteiger charge is -2.41. The first-order valence-electron chi connectivity index (χ1n) is 6.24. The number of terminal acetylenes is 1. The van der Waals surface area contributed by atoms with Gasteiger partial charge in [0.15, 0.2) is 12.4 Å². The molecule has 0 aromatic heterocycles. The Bertz CT molecular complexity index is 413. The van der Waals surface area contributed by atoms with E-state index in [4.69, 9.17) is 25.4 Å². The molecule has 1 aliphatic heterocycles. The molecule has 1 aliphatic rings. The van der Waals surface area contributed by atoms with E-state index in [1.54, 1.807) is 0 Å². The fourth-order valence-corrected chi connectivity index (χ4v) is 1.82. The first-order chi connectivity index (χ1) is 9.86. The molecular weight excluding hydrogens is 284 g/mol. The molecule has 8 nitrogen and oxygen atoms in total.